The van der Waals surface area contributed by atoms with Gasteiger partial charge in [0.1, 0.15) is 11.5 Å². The maximum atomic E-state index is 12.0. The minimum Gasteiger partial charge on any atom is -0.466 e. The van der Waals surface area contributed by atoms with Crippen LogP contribution in [-0.2, 0) is 21.4 Å². The van der Waals surface area contributed by atoms with Crippen LogP contribution in [0.2, 0.25) is 0 Å². The number of fused-ring (bicyclic) bond motifs is 2. The zero-order valence-corrected chi connectivity index (χ0v) is 9.13. The van der Waals surface area contributed by atoms with E-state index in [2.05, 4.69) is 5.32 Å². The molecule has 2 aliphatic rings. The van der Waals surface area contributed by atoms with Gasteiger partial charge in [-0.15, -0.1) is 0 Å². The molecule has 1 aliphatic carbocycles. The average Bonchev–Trinajstić information content (AvgIpc) is 2.70. The third kappa shape index (κ3) is 1.10. The lowest BCUT2D eigenvalue weighted by Gasteiger charge is -2.28. The molecule has 0 bridgehead atoms. The van der Waals surface area contributed by atoms with Gasteiger partial charge >= 0.3 is 0 Å². The van der Waals surface area contributed by atoms with E-state index in [9.17, 15) is 9.59 Å². The van der Waals surface area contributed by atoms with Gasteiger partial charge in [0.05, 0.1) is 5.41 Å². The van der Waals surface area contributed by atoms with Gasteiger partial charge in [0.25, 0.3) is 0 Å². The number of amides is 2. The van der Waals surface area contributed by atoms with Crippen molar-refractivity contribution in [2.45, 2.75) is 38.0 Å². The lowest BCUT2D eigenvalue weighted by molar-refractivity contribution is -0.126. The molecule has 0 saturated carbocycles. The van der Waals surface area contributed by atoms with Gasteiger partial charge in [-0.25, -0.2) is 0 Å². The van der Waals surface area contributed by atoms with E-state index in [1.54, 1.807) is 0 Å². The fraction of sp³-hybridized carbons (Fsp3) is 0.500. The van der Waals surface area contributed by atoms with Gasteiger partial charge in [-0.2, -0.15) is 0 Å². The van der Waals surface area contributed by atoms with Crippen LogP contribution in [0, 0.1) is 6.92 Å². The van der Waals surface area contributed by atoms with E-state index in [4.69, 9.17) is 4.42 Å². The molecule has 1 saturated heterocycles. The Bertz CT molecular complexity index is 488. The van der Waals surface area contributed by atoms with Crippen LogP contribution < -0.4 is 5.32 Å². The van der Waals surface area contributed by atoms with E-state index in [1.807, 2.05) is 13.0 Å². The summed E-state index contributed by atoms with van der Waals surface area (Å²) in [6, 6.07) is 1.91. The predicted octanol–water partition coefficient (Wildman–Crippen LogP) is 1.21. The summed E-state index contributed by atoms with van der Waals surface area (Å²) in [4.78, 5) is 23.3. The van der Waals surface area contributed by atoms with Crippen LogP contribution in [-0.4, -0.2) is 11.8 Å². The molecule has 1 atom stereocenters. The molecule has 16 heavy (non-hydrogen) atoms. The number of rotatable bonds is 0. The van der Waals surface area contributed by atoms with Crippen molar-refractivity contribution in [1.29, 1.82) is 0 Å². The fourth-order valence-electron chi connectivity index (χ4n) is 2.90. The van der Waals surface area contributed by atoms with E-state index < -0.39 is 5.41 Å². The maximum Gasteiger partial charge on any atom is 0.237 e. The van der Waals surface area contributed by atoms with Crippen molar-refractivity contribution < 1.29 is 14.0 Å². The van der Waals surface area contributed by atoms with Gasteiger partial charge in [0.15, 0.2) is 0 Å². The van der Waals surface area contributed by atoms with Crippen molar-refractivity contribution in [2.75, 3.05) is 0 Å². The van der Waals surface area contributed by atoms with Gasteiger partial charge in [0.2, 0.25) is 11.8 Å². The van der Waals surface area contributed by atoms with E-state index in [-0.39, 0.29) is 18.2 Å². The van der Waals surface area contributed by atoms with E-state index in [0.717, 1.165) is 36.3 Å². The molecule has 84 valence electrons. The smallest absolute Gasteiger partial charge is 0.237 e. The zero-order valence-electron chi connectivity index (χ0n) is 9.13. The Morgan fingerprint density at radius 3 is 2.94 bits per heavy atom. The predicted molar refractivity (Wildman–Crippen MR) is 55.8 cm³/mol. The molecule has 1 aromatic rings. The molecule has 0 radical (unpaired) electrons. The van der Waals surface area contributed by atoms with Crippen LogP contribution in [0.3, 0.4) is 0 Å². The summed E-state index contributed by atoms with van der Waals surface area (Å²) in [5.41, 5.74) is 0.294. The average molecular weight is 219 g/mol. The Morgan fingerprint density at radius 1 is 1.44 bits per heavy atom. The molecule has 1 fully saturated rings. The second-order valence-corrected chi connectivity index (χ2v) is 4.68. The van der Waals surface area contributed by atoms with Crippen LogP contribution in [0.1, 0.15) is 36.3 Å². The number of hydrogen-bond donors (Lipinski definition) is 1. The molecule has 4 nitrogen and oxygen atoms in total. The highest BCUT2D eigenvalue weighted by Crippen LogP contribution is 2.43. The molecule has 3 rings (SSSR count). The summed E-state index contributed by atoms with van der Waals surface area (Å²) in [6.45, 7) is 1.88. The number of furan rings is 1. The molecule has 2 amide bonds. The molecule has 2 heterocycles. The van der Waals surface area contributed by atoms with Gasteiger partial charge in [-0.1, -0.05) is 0 Å². The first-order valence-corrected chi connectivity index (χ1v) is 5.56. The van der Waals surface area contributed by atoms with Gasteiger partial charge in [-0.3, -0.25) is 14.9 Å². The number of carbonyl (C=O) groups is 2. The molecule has 4 heteroatoms. The number of hydrogen-bond acceptors (Lipinski definition) is 3. The van der Waals surface area contributed by atoms with E-state index in [0.29, 0.717) is 0 Å². The van der Waals surface area contributed by atoms with Crippen molar-refractivity contribution in [2.24, 2.45) is 0 Å². The highest BCUT2D eigenvalue weighted by molar-refractivity contribution is 6.09. The van der Waals surface area contributed by atoms with Crippen LogP contribution in [0.15, 0.2) is 10.5 Å². The van der Waals surface area contributed by atoms with Crippen molar-refractivity contribution in [3.05, 3.63) is 23.2 Å². The van der Waals surface area contributed by atoms with Crippen LogP contribution in [0.25, 0.3) is 0 Å². The molecule has 1 N–H and O–H groups in total. The summed E-state index contributed by atoms with van der Waals surface area (Å²) in [5, 5.41) is 2.41. The number of carbonyl (C=O) groups excluding carboxylic acids is 2. The lowest BCUT2D eigenvalue weighted by atomic mass is 9.71. The number of nitrogens with one attached hydrogen (secondary N) is 1. The zero-order chi connectivity index (χ0) is 11.3. The van der Waals surface area contributed by atoms with Gasteiger partial charge in [-0.05, 0) is 25.8 Å². The maximum absolute atomic E-state index is 12.0. The summed E-state index contributed by atoms with van der Waals surface area (Å²) in [5.74, 6) is 1.38. The molecule has 1 aromatic heterocycles. The Kier molecular flexibility index (Phi) is 1.79. The Labute approximate surface area is 93.0 Å². The molecular weight excluding hydrogens is 206 g/mol. The van der Waals surface area contributed by atoms with Crippen molar-refractivity contribution in [3.63, 3.8) is 0 Å². The third-order valence-electron chi connectivity index (χ3n) is 3.61. The highest BCUT2D eigenvalue weighted by Gasteiger charge is 2.51. The lowest BCUT2D eigenvalue weighted by Crippen LogP contribution is -2.38. The standard InChI is InChI=1S/C12H13NO3/c1-7-5-8-9(16-7)3-2-4-12(8)6-10(14)13-11(12)15/h5H,2-4,6H2,1H3,(H,13,14,15). The van der Waals surface area contributed by atoms with Crippen LogP contribution >= 0.6 is 0 Å². The largest absolute Gasteiger partial charge is 0.466 e. The molecule has 0 aromatic carbocycles. The highest BCUT2D eigenvalue weighted by atomic mass is 16.3. The van der Waals surface area contributed by atoms with Gasteiger partial charge in [0, 0.05) is 18.4 Å². The Balaban J connectivity index is 2.16. The first-order valence-electron chi connectivity index (χ1n) is 5.56. The monoisotopic (exact) mass is 219 g/mol. The summed E-state index contributed by atoms with van der Waals surface area (Å²) >= 11 is 0. The second-order valence-electron chi connectivity index (χ2n) is 4.68. The first kappa shape index (κ1) is 9.63. The topological polar surface area (TPSA) is 59.3 Å². The molecule has 1 unspecified atom stereocenters. The fourth-order valence-corrected chi connectivity index (χ4v) is 2.90. The van der Waals surface area contributed by atoms with Crippen molar-refractivity contribution in [3.8, 4) is 0 Å². The third-order valence-corrected chi connectivity index (χ3v) is 3.61. The van der Waals surface area contributed by atoms with E-state index >= 15 is 0 Å². The SMILES string of the molecule is Cc1cc2c(o1)CCCC21CC(=O)NC1=O. The van der Waals surface area contributed by atoms with Crippen LogP contribution in [0.5, 0.6) is 0 Å². The number of aryl methyl sites for hydroxylation is 2. The minimum absolute atomic E-state index is 0.153. The number of imide groups is 1. The van der Waals surface area contributed by atoms with Gasteiger partial charge < -0.3 is 4.42 Å². The summed E-state index contributed by atoms with van der Waals surface area (Å²) in [7, 11) is 0. The Hall–Kier alpha value is -1.58. The quantitative estimate of drug-likeness (QED) is 0.667. The summed E-state index contributed by atoms with van der Waals surface area (Å²) in [6.07, 6.45) is 2.79. The first-order chi connectivity index (χ1) is 7.62. The van der Waals surface area contributed by atoms with E-state index in [1.165, 1.54) is 0 Å². The minimum atomic E-state index is -0.636. The van der Waals surface area contributed by atoms with Crippen LogP contribution in [0.4, 0.5) is 0 Å². The molecule has 1 spiro atoms. The van der Waals surface area contributed by atoms with Crippen molar-refractivity contribution in [1.82, 2.24) is 5.32 Å². The normalized spacial score (nSPS) is 28.3. The van der Waals surface area contributed by atoms with Crippen molar-refractivity contribution >= 4 is 11.8 Å². The molecular formula is C12H13NO3. The Morgan fingerprint density at radius 2 is 2.25 bits per heavy atom. The second kappa shape index (κ2) is 2.97. The molecule has 1 aliphatic heterocycles. The summed E-state index contributed by atoms with van der Waals surface area (Å²) < 4.78 is 5.58.